The molecule has 0 spiro atoms. The van der Waals surface area contributed by atoms with Crippen LogP contribution in [0.1, 0.15) is 460 Å². The van der Waals surface area contributed by atoms with Gasteiger partial charge in [-0.1, -0.05) is 409 Å². The van der Waals surface area contributed by atoms with Crippen molar-refractivity contribution in [3.05, 3.63) is 0 Å². The number of hydrogen-bond acceptors (Lipinski definition) is 15. The number of phosphoric ester groups is 2. The number of hydrogen-bond donors (Lipinski definition) is 3. The van der Waals surface area contributed by atoms with E-state index >= 15 is 0 Å². The lowest BCUT2D eigenvalue weighted by Crippen LogP contribution is -2.30. The molecule has 7 atom stereocenters. The van der Waals surface area contributed by atoms with Crippen LogP contribution in [-0.4, -0.2) is 96.7 Å². The summed E-state index contributed by atoms with van der Waals surface area (Å²) in [7, 11) is -9.93. The smallest absolute Gasteiger partial charge is 0.462 e. The van der Waals surface area contributed by atoms with Crippen molar-refractivity contribution in [1.29, 1.82) is 0 Å². The van der Waals surface area contributed by atoms with Crippen molar-refractivity contribution in [2.24, 2.45) is 23.7 Å². The summed E-state index contributed by atoms with van der Waals surface area (Å²) in [6, 6.07) is 0. The number of esters is 4. The van der Waals surface area contributed by atoms with Gasteiger partial charge in [0.2, 0.25) is 0 Å². The minimum absolute atomic E-state index is 0.107. The summed E-state index contributed by atoms with van der Waals surface area (Å²) in [5, 5.41) is 10.7. The molecule has 17 nitrogen and oxygen atoms in total. The minimum Gasteiger partial charge on any atom is -0.462 e. The molecule has 0 amide bonds. The monoisotopic (exact) mass is 1560 g/mol. The maximum atomic E-state index is 13.1. The summed E-state index contributed by atoms with van der Waals surface area (Å²) in [5.41, 5.74) is 0. The van der Waals surface area contributed by atoms with E-state index in [0.29, 0.717) is 31.6 Å². The summed E-state index contributed by atoms with van der Waals surface area (Å²) in [5.74, 6) is 1.11. The lowest BCUT2D eigenvalue weighted by molar-refractivity contribution is -0.161. The van der Waals surface area contributed by atoms with Gasteiger partial charge in [-0.2, -0.15) is 0 Å². The van der Waals surface area contributed by atoms with Gasteiger partial charge in [-0.25, -0.2) is 9.13 Å². The van der Waals surface area contributed by atoms with Crippen LogP contribution in [0.4, 0.5) is 0 Å². The molecule has 5 unspecified atom stereocenters. The molecule has 107 heavy (non-hydrogen) atoms. The third kappa shape index (κ3) is 79.1. The quantitative estimate of drug-likeness (QED) is 0.0222. The van der Waals surface area contributed by atoms with E-state index in [-0.39, 0.29) is 25.7 Å². The molecule has 0 fully saturated rings. The van der Waals surface area contributed by atoms with Crippen LogP contribution in [0.3, 0.4) is 0 Å². The molecular formula is C88H172O17P2. The molecule has 0 saturated heterocycles. The molecule has 0 bridgehead atoms. The number of phosphoric acid groups is 2. The van der Waals surface area contributed by atoms with Gasteiger partial charge < -0.3 is 33.8 Å². The van der Waals surface area contributed by atoms with Crippen molar-refractivity contribution >= 4 is 39.5 Å². The number of carbonyl (C=O) groups is 4. The molecule has 0 aromatic carbocycles. The molecule has 0 aromatic rings. The van der Waals surface area contributed by atoms with Crippen molar-refractivity contribution < 1.29 is 80.2 Å². The Morgan fingerprint density at radius 2 is 0.449 bits per heavy atom. The average Bonchev–Trinajstić information content (AvgIpc) is 0.904. The van der Waals surface area contributed by atoms with Gasteiger partial charge in [-0.3, -0.25) is 37.3 Å². The van der Waals surface area contributed by atoms with Crippen LogP contribution in [0.5, 0.6) is 0 Å². The first-order valence-corrected chi connectivity index (χ1v) is 48.3. The van der Waals surface area contributed by atoms with E-state index in [0.717, 1.165) is 114 Å². The molecule has 0 aliphatic rings. The summed E-state index contributed by atoms with van der Waals surface area (Å²) < 4.78 is 68.9. The van der Waals surface area contributed by atoms with Crippen LogP contribution in [-0.2, 0) is 65.4 Å². The van der Waals surface area contributed by atoms with Crippen LogP contribution >= 0.6 is 15.6 Å². The topological polar surface area (TPSA) is 237 Å². The second kappa shape index (κ2) is 76.7. The predicted octanol–water partition coefficient (Wildman–Crippen LogP) is 26.7. The molecule has 0 aliphatic carbocycles. The second-order valence-corrected chi connectivity index (χ2v) is 36.0. The molecule has 0 heterocycles. The van der Waals surface area contributed by atoms with Gasteiger partial charge in [-0.05, 0) is 49.4 Å². The Morgan fingerprint density at radius 1 is 0.262 bits per heavy atom. The summed E-state index contributed by atoms with van der Waals surface area (Å²) in [6.07, 6.45) is 66.6. The summed E-state index contributed by atoms with van der Waals surface area (Å²) in [4.78, 5) is 73.3. The van der Waals surface area contributed by atoms with Crippen molar-refractivity contribution in [1.82, 2.24) is 0 Å². The van der Waals surface area contributed by atoms with E-state index < -0.39 is 97.5 Å². The highest BCUT2D eigenvalue weighted by Gasteiger charge is 2.31. The van der Waals surface area contributed by atoms with E-state index in [9.17, 15) is 43.2 Å². The lowest BCUT2D eigenvalue weighted by atomic mass is 9.99. The fraction of sp³-hybridized carbons (Fsp3) is 0.955. The fourth-order valence-electron chi connectivity index (χ4n) is 13.6. The van der Waals surface area contributed by atoms with Gasteiger partial charge in [0.05, 0.1) is 26.4 Å². The molecule has 19 heteroatoms. The zero-order chi connectivity index (χ0) is 78.8. The number of aliphatic hydroxyl groups is 1. The summed E-state index contributed by atoms with van der Waals surface area (Å²) in [6.45, 7) is 14.4. The first-order valence-electron chi connectivity index (χ1n) is 45.3. The van der Waals surface area contributed by atoms with E-state index in [1.54, 1.807) is 0 Å². The minimum atomic E-state index is -4.97. The molecule has 0 saturated carbocycles. The largest absolute Gasteiger partial charge is 0.472 e. The van der Waals surface area contributed by atoms with Gasteiger partial charge >= 0.3 is 39.5 Å². The second-order valence-electron chi connectivity index (χ2n) is 33.1. The fourth-order valence-corrected chi connectivity index (χ4v) is 15.2. The van der Waals surface area contributed by atoms with Gasteiger partial charge in [0.1, 0.15) is 19.3 Å². The van der Waals surface area contributed by atoms with Crippen LogP contribution < -0.4 is 0 Å². The predicted molar refractivity (Wildman–Crippen MR) is 441 cm³/mol. The van der Waals surface area contributed by atoms with E-state index in [1.807, 2.05) is 0 Å². The normalized spacial score (nSPS) is 14.4. The van der Waals surface area contributed by atoms with Crippen LogP contribution in [0.15, 0.2) is 0 Å². The van der Waals surface area contributed by atoms with Crippen molar-refractivity contribution in [2.75, 3.05) is 39.6 Å². The standard InChI is InChI=1S/C88H172O17P2/c1-9-80(7)66-58-50-42-34-28-22-15-13-11-12-14-16-25-31-37-45-54-62-70-88(93)105-84(75-99-86(91)69-61-53-47-39-41-49-57-65-79(5)6)77-103-107(96,97)101-73-82(89)72-100-106(94,95)102-76-83(74-98-85(90)68-60-52-44-36-30-24-19-17-21-27-33-40-48-56-64-78(3)4)104-87(92)71-63-55-46-38-32-26-20-18-23-29-35-43-51-59-67-81(8)10-2/h78-84,89H,9-77H2,1-8H3,(H,94,95)(H,96,97)/t80?,81?,82?,83-,84-/m1/s1. The Morgan fingerprint density at radius 3 is 0.664 bits per heavy atom. The van der Waals surface area contributed by atoms with E-state index in [4.69, 9.17) is 37.0 Å². The third-order valence-electron chi connectivity index (χ3n) is 21.3. The Labute approximate surface area is 658 Å². The number of carbonyl (C=O) groups excluding carboxylic acids is 4. The SMILES string of the molecule is CCC(C)CCCCCCCCCCCCCCCCCCCCC(=O)O[C@H](COC(=O)CCCCCCCCCC(C)C)COP(=O)(O)OCC(O)COP(=O)(O)OC[C@@H](COC(=O)CCCCCCCCCCCCCCCCC(C)C)OC(=O)CCCCCCCCCCCCCCCCC(C)CC. The number of aliphatic hydroxyl groups excluding tert-OH is 1. The molecule has 0 aromatic heterocycles. The number of ether oxygens (including phenoxy) is 4. The Balaban J connectivity index is 5.21. The highest BCUT2D eigenvalue weighted by atomic mass is 31.2. The summed E-state index contributed by atoms with van der Waals surface area (Å²) >= 11 is 0. The molecule has 3 N–H and O–H groups in total. The van der Waals surface area contributed by atoms with E-state index in [2.05, 4.69) is 55.4 Å². The number of rotatable bonds is 85. The molecule has 636 valence electrons. The molecule has 0 radical (unpaired) electrons. The Hall–Kier alpha value is -1.94. The van der Waals surface area contributed by atoms with Crippen LogP contribution in [0, 0.1) is 23.7 Å². The van der Waals surface area contributed by atoms with Crippen molar-refractivity contribution in [2.45, 2.75) is 478 Å². The molecule has 0 aliphatic heterocycles. The molecular weight excluding hydrogens is 1390 g/mol. The van der Waals surface area contributed by atoms with Crippen LogP contribution in [0.25, 0.3) is 0 Å². The third-order valence-corrected chi connectivity index (χ3v) is 23.2. The van der Waals surface area contributed by atoms with Gasteiger partial charge in [0, 0.05) is 25.7 Å². The van der Waals surface area contributed by atoms with Crippen molar-refractivity contribution in [3.63, 3.8) is 0 Å². The van der Waals surface area contributed by atoms with Gasteiger partial charge in [0.25, 0.3) is 0 Å². The van der Waals surface area contributed by atoms with Gasteiger partial charge in [-0.15, -0.1) is 0 Å². The lowest BCUT2D eigenvalue weighted by Gasteiger charge is -2.21. The van der Waals surface area contributed by atoms with Crippen LogP contribution in [0.2, 0.25) is 0 Å². The zero-order valence-corrected chi connectivity index (χ0v) is 72.6. The van der Waals surface area contributed by atoms with Gasteiger partial charge in [0.15, 0.2) is 12.2 Å². The first kappa shape index (κ1) is 105. The maximum absolute atomic E-state index is 13.1. The molecule has 0 rings (SSSR count). The Kier molecular flexibility index (Phi) is 75.3. The average molecular weight is 1560 g/mol. The van der Waals surface area contributed by atoms with E-state index in [1.165, 1.54) is 257 Å². The first-order chi connectivity index (χ1) is 51.7. The maximum Gasteiger partial charge on any atom is 0.472 e. The highest BCUT2D eigenvalue weighted by Crippen LogP contribution is 2.45. The van der Waals surface area contributed by atoms with Crippen molar-refractivity contribution in [3.8, 4) is 0 Å². The Bertz CT molecular complexity index is 2080. The highest BCUT2D eigenvalue weighted by molar-refractivity contribution is 7.47. The number of unbranched alkanes of at least 4 members (excludes halogenated alkanes) is 49. The zero-order valence-electron chi connectivity index (χ0n) is 70.8.